The molecular formula is C11H7ClF4N2O. The molecule has 0 saturated heterocycles. The van der Waals surface area contributed by atoms with Gasteiger partial charge in [-0.2, -0.15) is 18.2 Å². The van der Waals surface area contributed by atoms with E-state index in [9.17, 15) is 17.6 Å². The van der Waals surface area contributed by atoms with Crippen LogP contribution in [0.3, 0.4) is 0 Å². The lowest BCUT2D eigenvalue weighted by atomic mass is 10.1. The van der Waals surface area contributed by atoms with Crippen LogP contribution in [0.5, 0.6) is 0 Å². The first-order chi connectivity index (χ1) is 8.91. The summed E-state index contributed by atoms with van der Waals surface area (Å²) >= 11 is 5.46. The van der Waals surface area contributed by atoms with Gasteiger partial charge >= 0.3 is 6.18 Å². The molecule has 0 radical (unpaired) electrons. The van der Waals surface area contributed by atoms with Crippen molar-refractivity contribution in [3.8, 4) is 11.4 Å². The molecule has 0 aliphatic carbocycles. The highest BCUT2D eigenvalue weighted by molar-refractivity contribution is 6.17. The maximum atomic E-state index is 12.9. The lowest BCUT2D eigenvalue weighted by Crippen LogP contribution is -2.08. The highest BCUT2D eigenvalue weighted by Crippen LogP contribution is 2.36. The second-order valence-electron chi connectivity index (χ2n) is 3.64. The molecule has 0 N–H and O–H groups in total. The molecule has 2 aromatic rings. The van der Waals surface area contributed by atoms with Crippen molar-refractivity contribution in [1.82, 2.24) is 10.1 Å². The number of benzene rings is 1. The van der Waals surface area contributed by atoms with Gasteiger partial charge < -0.3 is 4.52 Å². The Hall–Kier alpha value is -1.63. The lowest BCUT2D eigenvalue weighted by molar-refractivity contribution is -0.137. The van der Waals surface area contributed by atoms with Crippen molar-refractivity contribution in [3.05, 3.63) is 35.5 Å². The van der Waals surface area contributed by atoms with E-state index in [1.165, 1.54) is 0 Å². The zero-order chi connectivity index (χ0) is 14.0. The molecule has 102 valence electrons. The van der Waals surface area contributed by atoms with Crippen LogP contribution >= 0.6 is 11.6 Å². The Morgan fingerprint density at radius 3 is 2.63 bits per heavy atom. The Morgan fingerprint density at radius 2 is 2.00 bits per heavy atom. The summed E-state index contributed by atoms with van der Waals surface area (Å²) in [6, 6.07) is 2.27. The Labute approximate surface area is 110 Å². The van der Waals surface area contributed by atoms with Crippen LogP contribution in [-0.2, 0) is 12.6 Å². The van der Waals surface area contributed by atoms with Gasteiger partial charge in [-0.1, -0.05) is 5.16 Å². The monoisotopic (exact) mass is 294 g/mol. The maximum Gasteiger partial charge on any atom is 0.417 e. The molecule has 0 amide bonds. The van der Waals surface area contributed by atoms with E-state index in [1.54, 1.807) is 0 Å². The minimum absolute atomic E-state index is 0.127. The molecule has 0 fully saturated rings. The topological polar surface area (TPSA) is 38.9 Å². The molecular weight excluding hydrogens is 288 g/mol. The van der Waals surface area contributed by atoms with Crippen LogP contribution < -0.4 is 0 Å². The van der Waals surface area contributed by atoms with Gasteiger partial charge in [0.15, 0.2) is 0 Å². The van der Waals surface area contributed by atoms with Crippen molar-refractivity contribution in [2.45, 2.75) is 12.6 Å². The van der Waals surface area contributed by atoms with E-state index in [4.69, 9.17) is 16.1 Å². The molecule has 2 rings (SSSR count). The minimum Gasteiger partial charge on any atom is -0.339 e. The van der Waals surface area contributed by atoms with E-state index in [0.29, 0.717) is 6.07 Å². The molecule has 0 bridgehead atoms. The third-order valence-electron chi connectivity index (χ3n) is 2.30. The molecule has 0 unspecified atom stereocenters. The Kier molecular flexibility index (Phi) is 3.75. The molecule has 19 heavy (non-hydrogen) atoms. The van der Waals surface area contributed by atoms with Crippen LogP contribution in [-0.4, -0.2) is 16.0 Å². The summed E-state index contributed by atoms with van der Waals surface area (Å²) < 4.78 is 56.1. The van der Waals surface area contributed by atoms with Crippen molar-refractivity contribution in [1.29, 1.82) is 0 Å². The minimum atomic E-state index is -4.70. The standard InChI is InChI=1S/C11H7ClF4N2O/c12-4-3-9-17-10(18-19-9)7-2-1-6(13)5-8(7)11(14,15)16/h1-2,5H,3-4H2. The van der Waals surface area contributed by atoms with Gasteiger partial charge in [0.05, 0.1) is 5.56 Å². The summed E-state index contributed by atoms with van der Waals surface area (Å²) in [6.07, 6.45) is -4.46. The molecule has 0 spiro atoms. The summed E-state index contributed by atoms with van der Waals surface area (Å²) in [5, 5.41) is 3.44. The number of halogens is 5. The van der Waals surface area contributed by atoms with Crippen molar-refractivity contribution in [3.63, 3.8) is 0 Å². The summed E-state index contributed by atoms with van der Waals surface area (Å²) in [6.45, 7) is 0. The van der Waals surface area contributed by atoms with Crippen LogP contribution in [0.25, 0.3) is 11.4 Å². The SMILES string of the molecule is Fc1ccc(-c2noc(CCCl)n2)c(C(F)(F)F)c1. The number of hydrogen-bond acceptors (Lipinski definition) is 3. The zero-order valence-corrected chi connectivity index (χ0v) is 10.1. The zero-order valence-electron chi connectivity index (χ0n) is 9.34. The van der Waals surface area contributed by atoms with E-state index < -0.39 is 17.6 Å². The molecule has 3 nitrogen and oxygen atoms in total. The van der Waals surface area contributed by atoms with E-state index in [0.717, 1.165) is 12.1 Å². The van der Waals surface area contributed by atoms with E-state index in [-0.39, 0.29) is 29.6 Å². The largest absolute Gasteiger partial charge is 0.417 e. The fraction of sp³-hybridized carbons (Fsp3) is 0.273. The van der Waals surface area contributed by atoms with Crippen LogP contribution in [0.15, 0.2) is 22.7 Å². The predicted molar refractivity (Wildman–Crippen MR) is 59.1 cm³/mol. The fourth-order valence-corrected chi connectivity index (χ4v) is 1.65. The smallest absolute Gasteiger partial charge is 0.339 e. The van der Waals surface area contributed by atoms with Gasteiger partial charge in [-0.05, 0) is 18.2 Å². The summed E-state index contributed by atoms with van der Waals surface area (Å²) in [5.74, 6) is -0.896. The number of nitrogens with zero attached hydrogens (tertiary/aromatic N) is 2. The lowest BCUT2D eigenvalue weighted by Gasteiger charge is -2.10. The Bertz CT molecular complexity index is 582. The van der Waals surface area contributed by atoms with Crippen molar-refractivity contribution < 1.29 is 22.1 Å². The average molecular weight is 295 g/mol. The van der Waals surface area contributed by atoms with Gasteiger partial charge in [0.25, 0.3) is 0 Å². The third-order valence-corrected chi connectivity index (χ3v) is 2.49. The summed E-state index contributed by atoms with van der Waals surface area (Å²) in [5.41, 5.74) is -1.48. The molecule has 8 heteroatoms. The molecule has 0 aliphatic rings. The summed E-state index contributed by atoms with van der Waals surface area (Å²) in [4.78, 5) is 3.79. The second-order valence-corrected chi connectivity index (χ2v) is 4.02. The van der Waals surface area contributed by atoms with Gasteiger partial charge in [-0.3, -0.25) is 0 Å². The second kappa shape index (κ2) is 5.16. The van der Waals surface area contributed by atoms with E-state index >= 15 is 0 Å². The van der Waals surface area contributed by atoms with Gasteiger partial charge in [0.1, 0.15) is 5.82 Å². The highest BCUT2D eigenvalue weighted by Gasteiger charge is 2.35. The number of hydrogen-bond donors (Lipinski definition) is 0. The van der Waals surface area contributed by atoms with Crippen LogP contribution in [0.2, 0.25) is 0 Å². The predicted octanol–water partition coefficient (Wildman–Crippen LogP) is 3.68. The average Bonchev–Trinajstić information content (AvgIpc) is 2.77. The molecule has 0 saturated carbocycles. The van der Waals surface area contributed by atoms with Crippen LogP contribution in [0.1, 0.15) is 11.5 Å². The van der Waals surface area contributed by atoms with Crippen molar-refractivity contribution in [2.24, 2.45) is 0 Å². The first-order valence-corrected chi connectivity index (χ1v) is 5.71. The maximum absolute atomic E-state index is 12.9. The first-order valence-electron chi connectivity index (χ1n) is 5.17. The number of aromatic nitrogens is 2. The first kappa shape index (κ1) is 13.8. The molecule has 0 aliphatic heterocycles. The van der Waals surface area contributed by atoms with Crippen LogP contribution in [0, 0.1) is 5.82 Å². The highest BCUT2D eigenvalue weighted by atomic mass is 35.5. The van der Waals surface area contributed by atoms with Gasteiger partial charge in [-0.15, -0.1) is 11.6 Å². The van der Waals surface area contributed by atoms with Crippen LogP contribution in [0.4, 0.5) is 17.6 Å². The molecule has 0 atom stereocenters. The third kappa shape index (κ3) is 3.04. The Morgan fingerprint density at radius 1 is 1.26 bits per heavy atom. The van der Waals surface area contributed by atoms with Gasteiger partial charge in [0, 0.05) is 17.9 Å². The van der Waals surface area contributed by atoms with Gasteiger partial charge in [-0.25, -0.2) is 4.39 Å². The van der Waals surface area contributed by atoms with Crippen molar-refractivity contribution >= 4 is 11.6 Å². The molecule has 1 heterocycles. The summed E-state index contributed by atoms with van der Waals surface area (Å²) in [7, 11) is 0. The number of aryl methyl sites for hydroxylation is 1. The number of alkyl halides is 4. The van der Waals surface area contributed by atoms with E-state index in [2.05, 4.69) is 10.1 Å². The fourth-order valence-electron chi connectivity index (χ4n) is 1.49. The van der Waals surface area contributed by atoms with E-state index in [1.807, 2.05) is 0 Å². The van der Waals surface area contributed by atoms with Gasteiger partial charge in [0.2, 0.25) is 11.7 Å². The Balaban J connectivity index is 2.48. The number of rotatable bonds is 3. The molecule has 1 aromatic carbocycles. The normalized spacial score (nSPS) is 11.8. The van der Waals surface area contributed by atoms with Crippen molar-refractivity contribution in [2.75, 3.05) is 5.88 Å². The quantitative estimate of drug-likeness (QED) is 0.640. The molecule has 1 aromatic heterocycles.